The molecular weight excluding hydrogens is 272 g/mol. The number of hydrogen-bond donors (Lipinski definition) is 0. The van der Waals surface area contributed by atoms with E-state index in [1.165, 1.54) is 22.3 Å². The van der Waals surface area contributed by atoms with E-state index in [-0.39, 0.29) is 0 Å². The Labute approximate surface area is 110 Å². The number of hydrogen-bond acceptors (Lipinski definition) is 0. The summed E-state index contributed by atoms with van der Waals surface area (Å²) in [6.07, 6.45) is 2.31. The van der Waals surface area contributed by atoms with Crippen molar-refractivity contribution in [3.8, 4) is 0 Å². The number of benzene rings is 2. The van der Waals surface area contributed by atoms with Gasteiger partial charge in [0.1, 0.15) is 0 Å². The Morgan fingerprint density at radius 2 is 1.76 bits per heavy atom. The van der Waals surface area contributed by atoms with Crippen LogP contribution in [0.15, 0.2) is 53.0 Å². The third-order valence-electron chi connectivity index (χ3n) is 3.40. The highest BCUT2D eigenvalue weighted by Gasteiger charge is 2.21. The Kier molecular flexibility index (Phi) is 2.64. The van der Waals surface area contributed by atoms with Gasteiger partial charge in [-0.05, 0) is 34.4 Å². The highest BCUT2D eigenvalue weighted by atomic mass is 79.9. The summed E-state index contributed by atoms with van der Waals surface area (Å²) in [5.41, 5.74) is 5.50. The fourth-order valence-electron chi connectivity index (χ4n) is 2.49. The standard InChI is InChI=1S/C16H13Br/c1-11-15-8-7-14(17)9-13(15)10-16(11)12-5-3-2-4-6-12/h2-11H,1H3. The lowest BCUT2D eigenvalue weighted by molar-refractivity contribution is 1.01. The highest BCUT2D eigenvalue weighted by molar-refractivity contribution is 9.10. The molecule has 1 aliphatic carbocycles. The van der Waals surface area contributed by atoms with Gasteiger partial charge in [-0.3, -0.25) is 0 Å². The van der Waals surface area contributed by atoms with Crippen LogP contribution in [0, 0.1) is 0 Å². The zero-order valence-electron chi connectivity index (χ0n) is 9.65. The van der Waals surface area contributed by atoms with Crippen molar-refractivity contribution in [2.45, 2.75) is 12.8 Å². The summed E-state index contributed by atoms with van der Waals surface area (Å²) in [6, 6.07) is 17.2. The Bertz CT molecular complexity index is 582. The van der Waals surface area contributed by atoms with Gasteiger partial charge in [-0.2, -0.15) is 0 Å². The van der Waals surface area contributed by atoms with Gasteiger partial charge in [0.25, 0.3) is 0 Å². The first-order valence-electron chi connectivity index (χ1n) is 5.82. The van der Waals surface area contributed by atoms with E-state index < -0.39 is 0 Å². The molecule has 0 aliphatic heterocycles. The van der Waals surface area contributed by atoms with Crippen LogP contribution in [-0.2, 0) is 0 Å². The second kappa shape index (κ2) is 4.15. The topological polar surface area (TPSA) is 0 Å². The van der Waals surface area contributed by atoms with Crippen LogP contribution in [0.1, 0.15) is 29.5 Å². The van der Waals surface area contributed by atoms with Crippen LogP contribution in [0.5, 0.6) is 0 Å². The maximum atomic E-state index is 3.53. The van der Waals surface area contributed by atoms with Crippen molar-refractivity contribution in [2.75, 3.05) is 0 Å². The molecule has 17 heavy (non-hydrogen) atoms. The molecule has 0 amide bonds. The summed E-state index contributed by atoms with van der Waals surface area (Å²) in [5.74, 6) is 0.487. The Balaban J connectivity index is 2.09. The second-order valence-electron chi connectivity index (χ2n) is 4.46. The number of rotatable bonds is 1. The molecule has 0 fully saturated rings. The van der Waals surface area contributed by atoms with Crippen LogP contribution < -0.4 is 0 Å². The van der Waals surface area contributed by atoms with E-state index >= 15 is 0 Å². The maximum absolute atomic E-state index is 3.53. The summed E-state index contributed by atoms with van der Waals surface area (Å²) in [6.45, 7) is 2.28. The molecule has 0 bridgehead atoms. The molecule has 0 N–H and O–H groups in total. The van der Waals surface area contributed by atoms with Crippen molar-refractivity contribution >= 4 is 27.6 Å². The Morgan fingerprint density at radius 3 is 2.53 bits per heavy atom. The van der Waals surface area contributed by atoms with E-state index in [1.807, 2.05) is 0 Å². The van der Waals surface area contributed by atoms with Crippen LogP contribution in [0.25, 0.3) is 11.6 Å². The van der Waals surface area contributed by atoms with E-state index in [4.69, 9.17) is 0 Å². The van der Waals surface area contributed by atoms with Crippen molar-refractivity contribution in [3.63, 3.8) is 0 Å². The van der Waals surface area contributed by atoms with Gasteiger partial charge < -0.3 is 0 Å². The normalized spacial score (nSPS) is 17.8. The minimum absolute atomic E-state index is 0.487. The molecular formula is C16H13Br. The average molecular weight is 285 g/mol. The molecule has 2 aromatic carbocycles. The Hall–Kier alpha value is -1.34. The molecule has 1 atom stereocenters. The zero-order valence-corrected chi connectivity index (χ0v) is 11.2. The summed E-state index contributed by atoms with van der Waals surface area (Å²) in [7, 11) is 0. The lowest BCUT2D eigenvalue weighted by Gasteiger charge is -2.11. The van der Waals surface area contributed by atoms with Gasteiger partial charge in [-0.25, -0.2) is 0 Å². The predicted octanol–water partition coefficient (Wildman–Crippen LogP) is 5.11. The van der Waals surface area contributed by atoms with Gasteiger partial charge in [0.2, 0.25) is 0 Å². The molecule has 0 nitrogen and oxygen atoms in total. The van der Waals surface area contributed by atoms with Gasteiger partial charge in [-0.15, -0.1) is 0 Å². The minimum Gasteiger partial charge on any atom is -0.0622 e. The van der Waals surface area contributed by atoms with Gasteiger partial charge in [-0.1, -0.05) is 65.3 Å². The third kappa shape index (κ3) is 1.85. The molecule has 1 aliphatic rings. The van der Waals surface area contributed by atoms with Crippen LogP contribution in [0.4, 0.5) is 0 Å². The second-order valence-corrected chi connectivity index (χ2v) is 5.38. The molecule has 3 rings (SSSR count). The van der Waals surface area contributed by atoms with Crippen molar-refractivity contribution in [3.05, 3.63) is 69.7 Å². The van der Waals surface area contributed by atoms with Crippen LogP contribution >= 0.6 is 15.9 Å². The van der Waals surface area contributed by atoms with Gasteiger partial charge in [0, 0.05) is 10.4 Å². The van der Waals surface area contributed by atoms with Crippen LogP contribution in [0.3, 0.4) is 0 Å². The van der Waals surface area contributed by atoms with E-state index in [9.17, 15) is 0 Å². The predicted molar refractivity (Wildman–Crippen MR) is 76.9 cm³/mol. The minimum atomic E-state index is 0.487. The highest BCUT2D eigenvalue weighted by Crippen LogP contribution is 2.42. The molecule has 0 radical (unpaired) electrons. The molecule has 1 heteroatoms. The number of allylic oxidation sites excluding steroid dienone is 1. The maximum Gasteiger partial charge on any atom is 0.0181 e. The summed E-state index contributed by atoms with van der Waals surface area (Å²) in [5, 5.41) is 0. The first-order valence-corrected chi connectivity index (χ1v) is 6.61. The van der Waals surface area contributed by atoms with Crippen molar-refractivity contribution in [1.82, 2.24) is 0 Å². The van der Waals surface area contributed by atoms with Crippen LogP contribution in [-0.4, -0.2) is 0 Å². The smallest absolute Gasteiger partial charge is 0.0181 e. The van der Waals surface area contributed by atoms with Crippen molar-refractivity contribution < 1.29 is 0 Å². The quantitative estimate of drug-likeness (QED) is 0.683. The summed E-state index contributed by atoms with van der Waals surface area (Å²) >= 11 is 3.53. The SMILES string of the molecule is CC1C(c2ccccc2)=Cc2cc(Br)ccc21. The lowest BCUT2D eigenvalue weighted by Crippen LogP contribution is -1.92. The van der Waals surface area contributed by atoms with Gasteiger partial charge >= 0.3 is 0 Å². The number of halogens is 1. The average Bonchev–Trinajstić information content (AvgIpc) is 2.67. The summed E-state index contributed by atoms with van der Waals surface area (Å²) < 4.78 is 1.15. The third-order valence-corrected chi connectivity index (χ3v) is 3.89. The molecule has 0 saturated heterocycles. The number of fused-ring (bicyclic) bond motifs is 1. The largest absolute Gasteiger partial charge is 0.0622 e. The molecule has 1 unspecified atom stereocenters. The van der Waals surface area contributed by atoms with Crippen molar-refractivity contribution in [1.29, 1.82) is 0 Å². The summed E-state index contributed by atoms with van der Waals surface area (Å²) in [4.78, 5) is 0. The fraction of sp³-hybridized carbons (Fsp3) is 0.125. The van der Waals surface area contributed by atoms with E-state index in [1.54, 1.807) is 0 Å². The van der Waals surface area contributed by atoms with E-state index in [0.717, 1.165) is 4.47 Å². The zero-order chi connectivity index (χ0) is 11.8. The van der Waals surface area contributed by atoms with Crippen molar-refractivity contribution in [2.24, 2.45) is 0 Å². The molecule has 0 saturated carbocycles. The first-order chi connectivity index (χ1) is 8.25. The fourth-order valence-corrected chi connectivity index (χ4v) is 2.87. The van der Waals surface area contributed by atoms with E-state index in [2.05, 4.69) is 77.5 Å². The van der Waals surface area contributed by atoms with Crippen LogP contribution in [0.2, 0.25) is 0 Å². The monoisotopic (exact) mass is 284 g/mol. The molecule has 2 aromatic rings. The van der Waals surface area contributed by atoms with Gasteiger partial charge in [0.05, 0.1) is 0 Å². The van der Waals surface area contributed by atoms with E-state index in [0.29, 0.717) is 5.92 Å². The molecule has 0 spiro atoms. The molecule has 0 heterocycles. The Morgan fingerprint density at radius 1 is 1.00 bits per heavy atom. The lowest BCUT2D eigenvalue weighted by atomic mass is 9.93. The first kappa shape index (κ1) is 10.8. The molecule has 0 aromatic heterocycles. The van der Waals surface area contributed by atoms with Gasteiger partial charge in [0.15, 0.2) is 0 Å². The molecule has 84 valence electrons.